The molecular formula is C27H25FN2O6S. The fourth-order valence-corrected chi connectivity index (χ4v) is 6.39. The van der Waals surface area contributed by atoms with Crippen LogP contribution in [0.25, 0.3) is 21.0 Å². The number of aromatic amines is 1. The number of aliphatic hydroxyl groups is 1. The molecule has 0 spiro atoms. The smallest absolute Gasteiger partial charge is 0.418 e. The Labute approximate surface area is 215 Å². The van der Waals surface area contributed by atoms with Gasteiger partial charge in [0.25, 0.3) is 0 Å². The third-order valence-corrected chi connectivity index (χ3v) is 8.37. The third kappa shape index (κ3) is 4.10. The second kappa shape index (κ2) is 8.74. The summed E-state index contributed by atoms with van der Waals surface area (Å²) in [6, 6.07) is 14.5. The van der Waals surface area contributed by atoms with E-state index in [4.69, 9.17) is 14.2 Å². The summed E-state index contributed by atoms with van der Waals surface area (Å²) in [6.45, 7) is 4.32. The number of aromatic nitrogens is 1. The van der Waals surface area contributed by atoms with Crippen LogP contribution in [0.3, 0.4) is 0 Å². The normalized spacial score (nSPS) is 22.3. The number of benzene rings is 2. The van der Waals surface area contributed by atoms with Crippen LogP contribution in [0.5, 0.6) is 5.75 Å². The number of anilines is 1. The highest BCUT2D eigenvalue weighted by atomic mass is 32.1. The summed E-state index contributed by atoms with van der Waals surface area (Å²) in [5.74, 6) is -3.30. The summed E-state index contributed by atoms with van der Waals surface area (Å²) in [5.41, 5.74) is 0.782. The summed E-state index contributed by atoms with van der Waals surface area (Å²) in [5, 5.41) is 11.8. The number of aliphatic hydroxyl groups excluding tert-OH is 1. The number of fused-ring (bicyclic) bond motifs is 2. The van der Waals surface area contributed by atoms with E-state index >= 15 is 0 Å². The number of hydrogen-bond donors (Lipinski definition) is 2. The quantitative estimate of drug-likeness (QED) is 0.286. The highest BCUT2D eigenvalue weighted by Gasteiger charge is 2.56. The van der Waals surface area contributed by atoms with Gasteiger partial charge in [-0.2, -0.15) is 0 Å². The zero-order valence-electron chi connectivity index (χ0n) is 20.2. The van der Waals surface area contributed by atoms with Gasteiger partial charge in [0.05, 0.1) is 5.52 Å². The Balaban J connectivity index is 1.24. The Morgan fingerprint density at radius 2 is 1.97 bits per heavy atom. The number of esters is 2. The lowest BCUT2D eigenvalue weighted by molar-refractivity contribution is -0.313. The van der Waals surface area contributed by atoms with Gasteiger partial charge in [0.1, 0.15) is 17.4 Å². The van der Waals surface area contributed by atoms with Crippen LogP contribution in [0.4, 0.5) is 10.2 Å². The molecule has 2 aliphatic heterocycles. The first-order valence-electron chi connectivity index (χ1n) is 12.1. The maximum atomic E-state index is 13.6. The zero-order chi connectivity index (χ0) is 25.9. The maximum Gasteiger partial charge on any atom is 0.449 e. The molecule has 192 valence electrons. The molecular weight excluding hydrogens is 499 g/mol. The van der Waals surface area contributed by atoms with Gasteiger partial charge in [-0.1, -0.05) is 6.07 Å². The molecule has 2 fully saturated rings. The van der Waals surface area contributed by atoms with E-state index in [0.717, 1.165) is 40.8 Å². The lowest BCUT2D eigenvalue weighted by Gasteiger charge is -2.38. The van der Waals surface area contributed by atoms with Gasteiger partial charge >= 0.3 is 17.9 Å². The van der Waals surface area contributed by atoms with E-state index in [2.05, 4.69) is 22.9 Å². The van der Waals surface area contributed by atoms with Crippen molar-refractivity contribution in [3.05, 3.63) is 59.2 Å². The average Bonchev–Trinajstić information content (AvgIpc) is 3.55. The first kappa shape index (κ1) is 23.7. The first-order valence-corrected chi connectivity index (χ1v) is 12.9. The third-order valence-electron chi connectivity index (χ3n) is 7.10. The number of piperidine rings is 1. The number of nitrogens with zero attached hydrogens (tertiary/aromatic N) is 1. The minimum absolute atomic E-state index is 0.217. The number of cyclic esters (lactones) is 2. The molecule has 0 amide bonds. The Hall–Kier alpha value is -3.63. The van der Waals surface area contributed by atoms with Gasteiger partial charge in [-0.05, 0) is 80.5 Å². The van der Waals surface area contributed by atoms with E-state index in [1.165, 1.54) is 17.9 Å². The number of ether oxygens (including phenoxy) is 3. The summed E-state index contributed by atoms with van der Waals surface area (Å²) in [6.07, 6.45) is 0.488. The first-order chi connectivity index (χ1) is 17.7. The van der Waals surface area contributed by atoms with Crippen LogP contribution >= 0.6 is 11.3 Å². The summed E-state index contributed by atoms with van der Waals surface area (Å²) in [4.78, 5) is 30.4. The van der Waals surface area contributed by atoms with Crippen molar-refractivity contribution in [3.8, 4) is 5.75 Å². The molecule has 0 aliphatic carbocycles. The van der Waals surface area contributed by atoms with Crippen molar-refractivity contribution < 1.29 is 33.3 Å². The number of carbonyl (C=O) groups excluding carboxylic acids is 2. The molecule has 0 radical (unpaired) electrons. The Morgan fingerprint density at radius 3 is 2.70 bits per heavy atom. The van der Waals surface area contributed by atoms with Gasteiger partial charge in [0, 0.05) is 27.5 Å². The molecule has 0 saturated carbocycles. The standard InChI is InChI=1S/C27H25FN2O6S/c1-14-10-16(23-12-17-11-18(28)6-7-22(17)37-23)8-9-30(14)24-13-19-20(29-24)4-3-5-21(19)34-27(15(2)31)35-25(32)26(33)36-27/h3-7,11-16,29,31H,8-10H2,1-2H3/t14-,15+,16-/m1/s1. The Bertz CT molecular complexity index is 1510. The topological polar surface area (TPSA) is 101 Å². The van der Waals surface area contributed by atoms with E-state index in [9.17, 15) is 19.1 Å². The number of thiophene rings is 1. The lowest BCUT2D eigenvalue weighted by Crippen LogP contribution is -2.47. The molecule has 37 heavy (non-hydrogen) atoms. The number of hydrogen-bond acceptors (Lipinski definition) is 8. The zero-order valence-corrected chi connectivity index (χ0v) is 21.0. The van der Waals surface area contributed by atoms with Gasteiger partial charge < -0.3 is 29.2 Å². The molecule has 0 bridgehead atoms. The highest BCUT2D eigenvalue weighted by molar-refractivity contribution is 7.19. The Kier molecular flexibility index (Phi) is 5.61. The SMILES string of the molecule is C[C@@H]1C[C@H](c2cc3cc(F)ccc3s2)CCN1c1cc2c(OC3([C@H](C)O)OC(=O)C(=O)O3)cccc2[nH]1. The number of nitrogens with one attached hydrogen (secondary N) is 1. The molecule has 10 heteroatoms. The lowest BCUT2D eigenvalue weighted by atomic mass is 9.90. The Morgan fingerprint density at radius 1 is 1.19 bits per heavy atom. The minimum atomic E-state index is -2.24. The van der Waals surface area contributed by atoms with Gasteiger partial charge in [-0.25, -0.2) is 14.0 Å². The van der Waals surface area contributed by atoms with Crippen molar-refractivity contribution in [2.45, 2.75) is 50.7 Å². The average molecular weight is 525 g/mol. The van der Waals surface area contributed by atoms with Crippen LogP contribution in [0.15, 0.2) is 48.5 Å². The van der Waals surface area contributed by atoms with Crippen molar-refractivity contribution >= 4 is 50.1 Å². The van der Waals surface area contributed by atoms with Crippen molar-refractivity contribution in [2.75, 3.05) is 11.4 Å². The van der Waals surface area contributed by atoms with Crippen molar-refractivity contribution in [1.29, 1.82) is 0 Å². The fraction of sp³-hybridized carbons (Fsp3) is 0.333. The number of carbonyl (C=O) groups is 2. The molecule has 0 unspecified atom stereocenters. The van der Waals surface area contributed by atoms with E-state index in [-0.39, 0.29) is 11.9 Å². The van der Waals surface area contributed by atoms with Crippen LogP contribution in [0.2, 0.25) is 0 Å². The molecule has 6 rings (SSSR count). The molecule has 2 aromatic carbocycles. The second-order valence-corrected chi connectivity index (χ2v) is 10.7. The van der Waals surface area contributed by atoms with Crippen LogP contribution in [-0.4, -0.2) is 46.7 Å². The second-order valence-electron chi connectivity index (χ2n) is 9.63. The molecule has 2 N–H and O–H groups in total. The van der Waals surface area contributed by atoms with E-state index in [0.29, 0.717) is 17.1 Å². The van der Waals surface area contributed by atoms with Crippen molar-refractivity contribution in [3.63, 3.8) is 0 Å². The van der Waals surface area contributed by atoms with E-state index in [1.807, 2.05) is 18.2 Å². The van der Waals surface area contributed by atoms with Gasteiger partial charge in [-0.3, -0.25) is 0 Å². The fourth-order valence-electron chi connectivity index (χ4n) is 5.19. The monoisotopic (exact) mass is 524 g/mol. The van der Waals surface area contributed by atoms with Crippen LogP contribution in [0.1, 0.15) is 37.5 Å². The van der Waals surface area contributed by atoms with E-state index in [1.54, 1.807) is 29.5 Å². The molecule has 2 saturated heterocycles. The van der Waals surface area contributed by atoms with Crippen molar-refractivity contribution in [2.24, 2.45) is 0 Å². The maximum absolute atomic E-state index is 13.6. The predicted molar refractivity (Wildman–Crippen MR) is 136 cm³/mol. The van der Waals surface area contributed by atoms with Gasteiger partial charge in [0.15, 0.2) is 6.10 Å². The van der Waals surface area contributed by atoms with Crippen LogP contribution < -0.4 is 9.64 Å². The van der Waals surface area contributed by atoms with Crippen LogP contribution in [0, 0.1) is 5.82 Å². The van der Waals surface area contributed by atoms with Gasteiger partial charge in [0.2, 0.25) is 0 Å². The summed E-state index contributed by atoms with van der Waals surface area (Å²) in [7, 11) is 0. The van der Waals surface area contributed by atoms with Crippen LogP contribution in [-0.2, 0) is 19.1 Å². The molecule has 8 nitrogen and oxygen atoms in total. The summed E-state index contributed by atoms with van der Waals surface area (Å²) >= 11 is 1.73. The largest absolute Gasteiger partial charge is 0.449 e. The number of H-pyrrole nitrogens is 1. The molecule has 3 atom stereocenters. The number of halogens is 1. The molecule has 4 heterocycles. The number of rotatable bonds is 5. The van der Waals surface area contributed by atoms with E-state index < -0.39 is 24.0 Å². The van der Waals surface area contributed by atoms with Gasteiger partial charge in [-0.15, -0.1) is 11.3 Å². The molecule has 2 aliphatic rings. The minimum Gasteiger partial charge on any atom is -0.418 e. The summed E-state index contributed by atoms with van der Waals surface area (Å²) < 4.78 is 30.5. The predicted octanol–water partition coefficient (Wildman–Crippen LogP) is 4.81. The molecule has 4 aromatic rings. The highest BCUT2D eigenvalue weighted by Crippen LogP contribution is 2.41. The van der Waals surface area contributed by atoms with Crippen molar-refractivity contribution in [1.82, 2.24) is 4.98 Å². The molecule has 2 aromatic heterocycles.